The van der Waals surface area contributed by atoms with Crippen LogP contribution in [0.15, 0.2) is 42.5 Å². The molecular formula is C22H23F2NO4. The summed E-state index contributed by atoms with van der Waals surface area (Å²) in [6, 6.07) is 9.81. The molecule has 0 saturated heterocycles. The third-order valence-corrected chi connectivity index (χ3v) is 4.12. The monoisotopic (exact) mass is 403 g/mol. The van der Waals surface area contributed by atoms with Crippen molar-refractivity contribution in [1.29, 1.82) is 0 Å². The fourth-order valence-corrected chi connectivity index (χ4v) is 2.61. The number of carbonyl (C=O) groups is 2. The molecule has 0 saturated carbocycles. The van der Waals surface area contributed by atoms with Crippen LogP contribution in [0.1, 0.15) is 27.0 Å². The molecule has 2 aromatic carbocycles. The second-order valence-corrected chi connectivity index (χ2v) is 6.66. The quantitative estimate of drug-likeness (QED) is 0.488. The number of likely N-dealkylation sites (N-methyl/N-ethyl adjacent to an activating group) is 1. The second kappa shape index (κ2) is 9.82. The third kappa shape index (κ3) is 6.41. The molecule has 0 aliphatic rings. The highest BCUT2D eigenvalue weighted by molar-refractivity contribution is 6.06. The van der Waals surface area contributed by atoms with E-state index in [-0.39, 0.29) is 24.0 Å². The Balaban J connectivity index is 2.04. The summed E-state index contributed by atoms with van der Waals surface area (Å²) >= 11 is 0. The molecular weight excluding hydrogens is 380 g/mol. The summed E-state index contributed by atoms with van der Waals surface area (Å²) in [6.45, 7) is 0.376. The number of ether oxygens (including phenoxy) is 2. The van der Waals surface area contributed by atoms with Crippen LogP contribution < -0.4 is 9.47 Å². The maximum Gasteiger partial charge on any atom is 0.387 e. The van der Waals surface area contributed by atoms with Gasteiger partial charge in [-0.25, -0.2) is 0 Å². The summed E-state index contributed by atoms with van der Waals surface area (Å²) in [4.78, 5) is 25.3. The van der Waals surface area contributed by atoms with Crippen LogP contribution in [0.4, 0.5) is 8.78 Å². The van der Waals surface area contributed by atoms with E-state index in [1.807, 2.05) is 0 Å². The summed E-state index contributed by atoms with van der Waals surface area (Å²) in [6.07, 6.45) is 3.03. The molecule has 2 aromatic rings. The number of alkyl halides is 2. The molecule has 1 amide bonds. The van der Waals surface area contributed by atoms with Crippen LogP contribution in [0.5, 0.6) is 11.5 Å². The van der Waals surface area contributed by atoms with Crippen molar-refractivity contribution >= 4 is 17.8 Å². The number of allylic oxidation sites excluding steroid dienone is 1. The van der Waals surface area contributed by atoms with Gasteiger partial charge < -0.3 is 14.4 Å². The van der Waals surface area contributed by atoms with E-state index in [1.165, 1.54) is 11.0 Å². The van der Waals surface area contributed by atoms with Gasteiger partial charge >= 0.3 is 6.61 Å². The number of amides is 1. The zero-order valence-corrected chi connectivity index (χ0v) is 16.7. The molecule has 7 heteroatoms. The van der Waals surface area contributed by atoms with Crippen molar-refractivity contribution in [3.05, 3.63) is 64.7 Å². The van der Waals surface area contributed by atoms with Crippen molar-refractivity contribution in [2.24, 2.45) is 0 Å². The van der Waals surface area contributed by atoms with Gasteiger partial charge in [0.1, 0.15) is 11.5 Å². The summed E-state index contributed by atoms with van der Waals surface area (Å²) < 4.78 is 34.8. The van der Waals surface area contributed by atoms with E-state index >= 15 is 0 Å². The molecule has 0 bridgehead atoms. The largest absolute Gasteiger partial charge is 0.484 e. The van der Waals surface area contributed by atoms with E-state index in [2.05, 4.69) is 4.74 Å². The predicted molar refractivity (Wildman–Crippen MR) is 107 cm³/mol. The number of benzene rings is 2. The second-order valence-electron chi connectivity index (χ2n) is 6.66. The zero-order valence-electron chi connectivity index (χ0n) is 16.7. The lowest BCUT2D eigenvalue weighted by Gasteiger charge is -2.12. The van der Waals surface area contributed by atoms with E-state index in [9.17, 15) is 18.4 Å². The number of aryl methyl sites for hydroxylation is 2. The van der Waals surface area contributed by atoms with Crippen molar-refractivity contribution in [2.45, 2.75) is 20.5 Å². The van der Waals surface area contributed by atoms with Crippen molar-refractivity contribution in [2.75, 3.05) is 20.7 Å². The number of rotatable bonds is 8. The molecule has 2 rings (SSSR count). The first kappa shape index (κ1) is 22.1. The number of carbonyl (C=O) groups excluding carboxylic acids is 2. The van der Waals surface area contributed by atoms with Gasteiger partial charge in [0.15, 0.2) is 12.4 Å². The van der Waals surface area contributed by atoms with Gasteiger partial charge in [0.25, 0.3) is 5.91 Å². The molecule has 0 aliphatic heterocycles. The molecule has 0 aliphatic carbocycles. The summed E-state index contributed by atoms with van der Waals surface area (Å²) in [5.74, 6) is 0.251. The third-order valence-electron chi connectivity index (χ3n) is 4.12. The van der Waals surface area contributed by atoms with Gasteiger partial charge in [0, 0.05) is 19.7 Å². The SMILES string of the molecule is Cc1cc(/C=C/C(=O)c2ccc(OCC(=O)N(C)C)cc2)cc(C)c1OC(F)F. The molecule has 0 fully saturated rings. The maximum atomic E-state index is 12.5. The molecule has 0 heterocycles. The standard InChI is InChI=1S/C22H23F2NO4/c1-14-11-16(12-15(2)21(14)29-22(23)24)5-10-19(26)17-6-8-18(9-7-17)28-13-20(27)25(3)4/h5-12,22H,13H2,1-4H3/b10-5+. The normalized spacial score (nSPS) is 11.0. The van der Waals surface area contributed by atoms with Gasteiger partial charge in [0.05, 0.1) is 0 Å². The molecule has 0 unspecified atom stereocenters. The first-order valence-corrected chi connectivity index (χ1v) is 8.89. The fourth-order valence-electron chi connectivity index (χ4n) is 2.61. The molecule has 0 aromatic heterocycles. The van der Waals surface area contributed by atoms with Crippen molar-refractivity contribution < 1.29 is 27.8 Å². The highest BCUT2D eigenvalue weighted by Crippen LogP contribution is 2.27. The van der Waals surface area contributed by atoms with E-state index < -0.39 is 6.61 Å². The number of nitrogens with zero attached hydrogens (tertiary/aromatic N) is 1. The van der Waals surface area contributed by atoms with Crippen molar-refractivity contribution in [1.82, 2.24) is 4.90 Å². The fraction of sp³-hybridized carbons (Fsp3) is 0.273. The van der Waals surface area contributed by atoms with Crippen molar-refractivity contribution in [3.63, 3.8) is 0 Å². The number of halogens is 2. The predicted octanol–water partition coefficient (Wildman–Crippen LogP) is 4.27. The molecule has 29 heavy (non-hydrogen) atoms. The molecule has 0 N–H and O–H groups in total. The van der Waals surface area contributed by atoms with Crippen LogP contribution in [-0.2, 0) is 4.79 Å². The first-order valence-electron chi connectivity index (χ1n) is 8.89. The topological polar surface area (TPSA) is 55.8 Å². The lowest BCUT2D eigenvalue weighted by Crippen LogP contribution is -2.27. The number of hydrogen-bond acceptors (Lipinski definition) is 4. The van der Waals surface area contributed by atoms with Gasteiger partial charge in [-0.15, -0.1) is 0 Å². The van der Waals surface area contributed by atoms with E-state index in [0.717, 1.165) is 0 Å². The minimum absolute atomic E-state index is 0.0792. The summed E-state index contributed by atoms with van der Waals surface area (Å²) in [5.41, 5.74) is 2.29. The molecule has 0 radical (unpaired) electrons. The van der Waals surface area contributed by atoms with Crippen LogP contribution in [0.3, 0.4) is 0 Å². The molecule has 0 atom stereocenters. The minimum Gasteiger partial charge on any atom is -0.484 e. The summed E-state index contributed by atoms with van der Waals surface area (Å²) in [5, 5.41) is 0. The Morgan fingerprint density at radius 1 is 1.07 bits per heavy atom. The Hall–Kier alpha value is -3.22. The van der Waals surface area contributed by atoms with Gasteiger partial charge in [-0.3, -0.25) is 9.59 Å². The van der Waals surface area contributed by atoms with Gasteiger partial charge in [0.2, 0.25) is 0 Å². The Kier molecular flexibility index (Phi) is 7.47. The maximum absolute atomic E-state index is 12.5. The molecule has 0 spiro atoms. The zero-order chi connectivity index (χ0) is 21.6. The van der Waals surface area contributed by atoms with Crippen LogP contribution in [0.2, 0.25) is 0 Å². The van der Waals surface area contributed by atoms with Gasteiger partial charge in [-0.1, -0.05) is 6.08 Å². The highest BCUT2D eigenvalue weighted by Gasteiger charge is 2.11. The first-order chi connectivity index (χ1) is 13.7. The van der Waals surface area contributed by atoms with Crippen LogP contribution in [-0.4, -0.2) is 43.9 Å². The Morgan fingerprint density at radius 3 is 2.17 bits per heavy atom. The van der Waals surface area contributed by atoms with Crippen molar-refractivity contribution in [3.8, 4) is 11.5 Å². The van der Waals surface area contributed by atoms with Crippen LogP contribution in [0.25, 0.3) is 6.08 Å². The van der Waals surface area contributed by atoms with Crippen LogP contribution in [0, 0.1) is 13.8 Å². The average molecular weight is 403 g/mol. The Morgan fingerprint density at radius 2 is 1.66 bits per heavy atom. The Bertz CT molecular complexity index is 883. The van der Waals surface area contributed by atoms with Gasteiger partial charge in [-0.2, -0.15) is 8.78 Å². The average Bonchev–Trinajstić information content (AvgIpc) is 2.67. The lowest BCUT2D eigenvalue weighted by molar-refractivity contribution is -0.130. The number of ketones is 1. The van der Waals surface area contributed by atoms with E-state index in [4.69, 9.17) is 4.74 Å². The summed E-state index contributed by atoms with van der Waals surface area (Å²) in [7, 11) is 3.28. The van der Waals surface area contributed by atoms with E-state index in [0.29, 0.717) is 28.0 Å². The van der Waals surface area contributed by atoms with E-state index in [1.54, 1.807) is 70.4 Å². The highest BCUT2D eigenvalue weighted by atomic mass is 19.3. The van der Waals surface area contributed by atoms with Gasteiger partial charge in [-0.05, 0) is 73.0 Å². The molecule has 154 valence electrons. The minimum atomic E-state index is -2.89. The van der Waals surface area contributed by atoms with Crippen LogP contribution >= 0.6 is 0 Å². The Labute approximate surface area is 168 Å². The molecule has 5 nitrogen and oxygen atoms in total. The smallest absolute Gasteiger partial charge is 0.387 e. The lowest BCUT2D eigenvalue weighted by atomic mass is 10.0. The number of hydrogen-bond donors (Lipinski definition) is 0.